The van der Waals surface area contributed by atoms with E-state index in [1.54, 1.807) is 20.1 Å². The number of nitrogens with zero attached hydrogens (tertiary/aromatic N) is 3. The first kappa shape index (κ1) is 17.3. The Kier molecular flexibility index (Phi) is 5.55. The van der Waals surface area contributed by atoms with E-state index in [2.05, 4.69) is 10.2 Å². The van der Waals surface area contributed by atoms with E-state index < -0.39 is 0 Å². The van der Waals surface area contributed by atoms with Crippen LogP contribution < -0.4 is 0 Å². The van der Waals surface area contributed by atoms with Gasteiger partial charge in [0.1, 0.15) is 11.0 Å². The minimum Gasteiger partial charge on any atom is -0.467 e. The summed E-state index contributed by atoms with van der Waals surface area (Å²) < 4.78 is 12.5. The molecule has 0 amide bonds. The van der Waals surface area contributed by atoms with Crippen molar-refractivity contribution in [2.75, 3.05) is 6.61 Å². The first-order valence-corrected chi connectivity index (χ1v) is 8.91. The van der Waals surface area contributed by atoms with Gasteiger partial charge < -0.3 is 9.15 Å². The van der Waals surface area contributed by atoms with Gasteiger partial charge in [-0.15, -0.1) is 10.2 Å². The zero-order valence-corrected chi connectivity index (χ0v) is 14.9. The molecular formula is C18H19N3O3S. The monoisotopic (exact) mass is 357 g/mol. The molecule has 0 spiro atoms. The smallest absolute Gasteiger partial charge is 0.319 e. The standard InChI is InChI=1S/C18H19N3O3S/c1-3-23-17(22)13(2)25-18-20-19-16(14-8-5-4-6-9-14)21(18)12-15-10-7-11-24-15/h4-11,13H,3,12H2,1-2H3. The summed E-state index contributed by atoms with van der Waals surface area (Å²) in [4.78, 5) is 11.9. The number of benzene rings is 1. The summed E-state index contributed by atoms with van der Waals surface area (Å²) in [6.45, 7) is 4.44. The van der Waals surface area contributed by atoms with Gasteiger partial charge in [0.05, 0.1) is 19.4 Å². The third-order valence-electron chi connectivity index (χ3n) is 3.54. The Morgan fingerprint density at radius 1 is 1.24 bits per heavy atom. The van der Waals surface area contributed by atoms with E-state index in [4.69, 9.17) is 9.15 Å². The first-order valence-electron chi connectivity index (χ1n) is 8.03. The fourth-order valence-electron chi connectivity index (χ4n) is 2.34. The van der Waals surface area contributed by atoms with Crippen LogP contribution in [0.3, 0.4) is 0 Å². The molecular weight excluding hydrogens is 338 g/mol. The van der Waals surface area contributed by atoms with Gasteiger partial charge in [-0.05, 0) is 26.0 Å². The molecule has 130 valence electrons. The summed E-state index contributed by atoms with van der Waals surface area (Å²) in [6, 6.07) is 13.6. The topological polar surface area (TPSA) is 70.2 Å². The number of thioether (sulfide) groups is 1. The number of esters is 1. The molecule has 3 rings (SSSR count). The Bertz CT molecular complexity index is 815. The van der Waals surface area contributed by atoms with E-state index >= 15 is 0 Å². The lowest BCUT2D eigenvalue weighted by atomic mass is 10.2. The lowest BCUT2D eigenvalue weighted by Gasteiger charge is -2.12. The number of carbonyl (C=O) groups is 1. The van der Waals surface area contributed by atoms with Crippen LogP contribution in [0.2, 0.25) is 0 Å². The molecule has 2 heterocycles. The van der Waals surface area contributed by atoms with Crippen LogP contribution in [0.1, 0.15) is 19.6 Å². The quantitative estimate of drug-likeness (QED) is 0.475. The van der Waals surface area contributed by atoms with Gasteiger partial charge in [0, 0.05) is 5.56 Å². The second-order valence-corrected chi connectivity index (χ2v) is 6.66. The van der Waals surface area contributed by atoms with Gasteiger partial charge in [0.25, 0.3) is 0 Å². The highest BCUT2D eigenvalue weighted by molar-refractivity contribution is 8.00. The predicted octanol–water partition coefficient (Wildman–Crippen LogP) is 3.63. The maximum absolute atomic E-state index is 11.9. The zero-order chi connectivity index (χ0) is 17.6. The summed E-state index contributed by atoms with van der Waals surface area (Å²) in [5, 5.41) is 8.88. The van der Waals surface area contributed by atoms with Crippen molar-refractivity contribution < 1.29 is 13.9 Å². The van der Waals surface area contributed by atoms with Crippen molar-refractivity contribution in [3.8, 4) is 11.4 Å². The molecule has 1 aromatic carbocycles. The highest BCUT2D eigenvalue weighted by Gasteiger charge is 2.22. The molecule has 0 saturated carbocycles. The average Bonchev–Trinajstić information content (AvgIpc) is 3.27. The van der Waals surface area contributed by atoms with E-state index in [9.17, 15) is 4.79 Å². The molecule has 1 unspecified atom stereocenters. The largest absolute Gasteiger partial charge is 0.467 e. The van der Waals surface area contributed by atoms with Crippen LogP contribution in [-0.4, -0.2) is 32.6 Å². The van der Waals surface area contributed by atoms with Gasteiger partial charge in [-0.2, -0.15) is 0 Å². The van der Waals surface area contributed by atoms with Crippen LogP contribution >= 0.6 is 11.8 Å². The van der Waals surface area contributed by atoms with E-state index in [1.165, 1.54) is 11.8 Å². The summed E-state index contributed by atoms with van der Waals surface area (Å²) >= 11 is 1.33. The predicted molar refractivity (Wildman–Crippen MR) is 95.2 cm³/mol. The SMILES string of the molecule is CCOC(=O)C(C)Sc1nnc(-c2ccccc2)n1Cc1ccco1. The number of carbonyl (C=O) groups excluding carboxylic acids is 1. The lowest BCUT2D eigenvalue weighted by Crippen LogP contribution is -2.17. The second kappa shape index (κ2) is 8.02. The minimum atomic E-state index is -0.372. The Morgan fingerprint density at radius 3 is 2.72 bits per heavy atom. The van der Waals surface area contributed by atoms with Crippen molar-refractivity contribution in [1.29, 1.82) is 0 Å². The molecule has 0 aliphatic carbocycles. The molecule has 0 N–H and O–H groups in total. The molecule has 0 aliphatic heterocycles. The normalized spacial score (nSPS) is 12.1. The lowest BCUT2D eigenvalue weighted by molar-refractivity contribution is -0.142. The van der Waals surface area contributed by atoms with Crippen LogP contribution in [0.15, 0.2) is 58.3 Å². The molecule has 1 atom stereocenters. The van der Waals surface area contributed by atoms with Crippen molar-refractivity contribution in [2.45, 2.75) is 30.8 Å². The van der Waals surface area contributed by atoms with Gasteiger partial charge in [-0.1, -0.05) is 42.1 Å². The number of hydrogen-bond donors (Lipinski definition) is 0. The summed E-state index contributed by atoms with van der Waals surface area (Å²) in [7, 11) is 0. The number of hydrogen-bond acceptors (Lipinski definition) is 6. The third kappa shape index (κ3) is 4.11. The van der Waals surface area contributed by atoms with Gasteiger partial charge in [0.15, 0.2) is 11.0 Å². The molecule has 0 fully saturated rings. The van der Waals surface area contributed by atoms with Gasteiger partial charge >= 0.3 is 5.97 Å². The number of rotatable bonds is 7. The molecule has 2 aromatic heterocycles. The minimum absolute atomic E-state index is 0.263. The first-order chi connectivity index (χ1) is 12.2. The van der Waals surface area contributed by atoms with Crippen molar-refractivity contribution >= 4 is 17.7 Å². The van der Waals surface area contributed by atoms with E-state index in [0.29, 0.717) is 18.3 Å². The number of furan rings is 1. The third-order valence-corrected chi connectivity index (χ3v) is 4.60. The highest BCUT2D eigenvalue weighted by Crippen LogP contribution is 2.28. The summed E-state index contributed by atoms with van der Waals surface area (Å²) in [6.07, 6.45) is 1.63. The Labute approximate surface area is 150 Å². The van der Waals surface area contributed by atoms with E-state index in [-0.39, 0.29) is 11.2 Å². The molecule has 25 heavy (non-hydrogen) atoms. The van der Waals surface area contributed by atoms with E-state index in [0.717, 1.165) is 17.1 Å². The molecule has 3 aromatic rings. The van der Waals surface area contributed by atoms with Crippen molar-refractivity contribution in [3.05, 3.63) is 54.5 Å². The molecule has 0 bridgehead atoms. The van der Waals surface area contributed by atoms with Crippen LogP contribution in [0, 0.1) is 0 Å². The van der Waals surface area contributed by atoms with Gasteiger partial charge in [0.2, 0.25) is 0 Å². The second-order valence-electron chi connectivity index (χ2n) is 5.35. The van der Waals surface area contributed by atoms with Crippen molar-refractivity contribution in [3.63, 3.8) is 0 Å². The molecule has 0 aliphatic rings. The Hall–Kier alpha value is -2.54. The molecule has 6 nitrogen and oxygen atoms in total. The van der Waals surface area contributed by atoms with E-state index in [1.807, 2.05) is 47.0 Å². The number of ether oxygens (including phenoxy) is 1. The average molecular weight is 357 g/mol. The van der Waals surface area contributed by atoms with Gasteiger partial charge in [-0.25, -0.2) is 0 Å². The zero-order valence-electron chi connectivity index (χ0n) is 14.1. The number of aromatic nitrogens is 3. The summed E-state index contributed by atoms with van der Waals surface area (Å²) in [5.74, 6) is 1.26. The van der Waals surface area contributed by atoms with Crippen LogP contribution in [0.25, 0.3) is 11.4 Å². The maximum atomic E-state index is 11.9. The van der Waals surface area contributed by atoms with Crippen molar-refractivity contribution in [1.82, 2.24) is 14.8 Å². The maximum Gasteiger partial charge on any atom is 0.319 e. The van der Waals surface area contributed by atoms with Gasteiger partial charge in [-0.3, -0.25) is 9.36 Å². The summed E-state index contributed by atoms with van der Waals surface area (Å²) in [5.41, 5.74) is 0.956. The van der Waals surface area contributed by atoms with Crippen LogP contribution in [0.5, 0.6) is 0 Å². The van der Waals surface area contributed by atoms with Crippen LogP contribution in [0.4, 0.5) is 0 Å². The Morgan fingerprint density at radius 2 is 2.04 bits per heavy atom. The van der Waals surface area contributed by atoms with Crippen molar-refractivity contribution in [2.24, 2.45) is 0 Å². The Balaban J connectivity index is 1.92. The molecule has 7 heteroatoms. The fourth-order valence-corrected chi connectivity index (χ4v) is 3.19. The van der Waals surface area contributed by atoms with Crippen LogP contribution in [-0.2, 0) is 16.1 Å². The highest BCUT2D eigenvalue weighted by atomic mass is 32.2. The molecule has 0 saturated heterocycles. The fraction of sp³-hybridized carbons (Fsp3) is 0.278. The molecule has 0 radical (unpaired) electrons.